The minimum Gasteiger partial charge on any atom is -0.479 e. The van der Waals surface area contributed by atoms with E-state index in [0.717, 1.165) is 18.2 Å². The Morgan fingerprint density at radius 1 is 1.33 bits per heavy atom. The van der Waals surface area contributed by atoms with Crippen LogP contribution in [0.25, 0.3) is 0 Å². The molecule has 0 aliphatic carbocycles. The molecule has 1 aromatic carbocycles. The predicted octanol–water partition coefficient (Wildman–Crippen LogP) is 1.45. The second-order valence-corrected chi connectivity index (χ2v) is 3.19. The fourth-order valence-corrected chi connectivity index (χ4v) is 1.06. The van der Waals surface area contributed by atoms with E-state index in [0.29, 0.717) is 6.07 Å². The molecule has 0 fully saturated rings. The van der Waals surface area contributed by atoms with Crippen LogP contribution in [0.15, 0.2) is 24.3 Å². The number of carboxylic acids is 1. The molecule has 0 aliphatic heterocycles. The van der Waals surface area contributed by atoms with Crippen molar-refractivity contribution in [2.45, 2.75) is 6.18 Å². The van der Waals surface area contributed by atoms with Crippen LogP contribution in [-0.4, -0.2) is 23.6 Å². The lowest BCUT2D eigenvalue weighted by Crippen LogP contribution is -2.26. The zero-order valence-corrected chi connectivity index (χ0v) is 8.82. The zero-order valence-electron chi connectivity index (χ0n) is 8.82. The number of carboxylic acid groups (broad SMARTS) is 1. The number of halogens is 3. The summed E-state index contributed by atoms with van der Waals surface area (Å²) in [5.74, 6) is -2.28. The summed E-state index contributed by atoms with van der Waals surface area (Å²) in [5, 5.41) is 8.22. The molecular weight excluding hydrogens is 255 g/mol. The smallest absolute Gasteiger partial charge is 0.416 e. The summed E-state index contributed by atoms with van der Waals surface area (Å²) >= 11 is 0. The number of hydrogen-bond donors (Lipinski definition) is 2. The summed E-state index contributed by atoms with van der Waals surface area (Å²) in [6.07, 6.45) is -4.56. The number of carbonyl (C=O) groups excluding carboxylic acids is 1. The van der Waals surface area contributed by atoms with Crippen molar-refractivity contribution in [3.8, 4) is 0 Å². The summed E-state index contributed by atoms with van der Waals surface area (Å²) in [4.78, 5) is 25.6. The first-order chi connectivity index (χ1) is 8.30. The molecular formula is C10H8F3NO4. The molecule has 0 aromatic heterocycles. The van der Waals surface area contributed by atoms with Crippen LogP contribution in [0.1, 0.15) is 15.9 Å². The Morgan fingerprint density at radius 3 is 2.56 bits per heavy atom. The van der Waals surface area contributed by atoms with Crippen LogP contribution >= 0.6 is 0 Å². The highest BCUT2D eigenvalue weighted by Crippen LogP contribution is 2.29. The molecule has 8 heteroatoms. The van der Waals surface area contributed by atoms with Gasteiger partial charge in [-0.1, -0.05) is 6.07 Å². The van der Waals surface area contributed by atoms with Gasteiger partial charge < -0.3 is 5.11 Å². The largest absolute Gasteiger partial charge is 0.479 e. The van der Waals surface area contributed by atoms with Crippen LogP contribution in [0.4, 0.5) is 13.2 Å². The third-order valence-corrected chi connectivity index (χ3v) is 1.81. The Kier molecular flexibility index (Phi) is 4.27. The van der Waals surface area contributed by atoms with Gasteiger partial charge >= 0.3 is 12.1 Å². The van der Waals surface area contributed by atoms with Gasteiger partial charge in [-0.05, 0) is 18.2 Å². The Balaban J connectivity index is 2.72. The van der Waals surface area contributed by atoms with E-state index in [1.807, 2.05) is 0 Å². The number of benzene rings is 1. The highest BCUT2D eigenvalue weighted by atomic mass is 19.4. The molecule has 0 heterocycles. The van der Waals surface area contributed by atoms with E-state index in [1.165, 1.54) is 0 Å². The van der Waals surface area contributed by atoms with Crippen LogP contribution < -0.4 is 5.48 Å². The van der Waals surface area contributed by atoms with Gasteiger partial charge in [0.2, 0.25) is 0 Å². The SMILES string of the molecule is O=C(O)CONC(=O)c1cccc(C(F)(F)F)c1. The number of alkyl halides is 3. The Morgan fingerprint density at radius 2 is 2.00 bits per heavy atom. The fourth-order valence-electron chi connectivity index (χ4n) is 1.06. The Bertz CT molecular complexity index is 459. The summed E-state index contributed by atoms with van der Waals surface area (Å²) in [5.41, 5.74) is 0.461. The van der Waals surface area contributed by atoms with Crippen molar-refractivity contribution >= 4 is 11.9 Å². The standard InChI is InChI=1S/C10H8F3NO4/c11-10(12,13)7-3-1-2-6(4-7)9(17)14-18-5-8(15)16/h1-4H,5H2,(H,14,17)(H,15,16). The molecule has 0 unspecified atom stereocenters. The molecule has 0 bridgehead atoms. The molecule has 1 aromatic rings. The molecule has 2 N–H and O–H groups in total. The van der Waals surface area contributed by atoms with Crippen molar-refractivity contribution in [1.29, 1.82) is 0 Å². The maximum Gasteiger partial charge on any atom is 0.416 e. The van der Waals surface area contributed by atoms with Gasteiger partial charge in [0.25, 0.3) is 5.91 Å². The number of aliphatic carboxylic acids is 1. The van der Waals surface area contributed by atoms with Crippen LogP contribution in [0.2, 0.25) is 0 Å². The second-order valence-electron chi connectivity index (χ2n) is 3.19. The molecule has 5 nitrogen and oxygen atoms in total. The zero-order chi connectivity index (χ0) is 13.8. The molecule has 0 radical (unpaired) electrons. The lowest BCUT2D eigenvalue weighted by atomic mass is 10.1. The van der Waals surface area contributed by atoms with Crippen molar-refractivity contribution in [3.05, 3.63) is 35.4 Å². The maximum absolute atomic E-state index is 12.3. The quantitative estimate of drug-likeness (QED) is 0.806. The summed E-state index contributed by atoms with van der Waals surface area (Å²) in [6.45, 7) is -0.787. The number of carbonyl (C=O) groups is 2. The number of hydrogen-bond acceptors (Lipinski definition) is 3. The topological polar surface area (TPSA) is 75.6 Å². The van der Waals surface area contributed by atoms with Gasteiger partial charge in [-0.15, -0.1) is 0 Å². The van der Waals surface area contributed by atoms with Gasteiger partial charge in [-0.3, -0.25) is 9.63 Å². The maximum atomic E-state index is 12.3. The van der Waals surface area contributed by atoms with E-state index >= 15 is 0 Å². The van der Waals surface area contributed by atoms with E-state index in [9.17, 15) is 22.8 Å². The molecule has 1 amide bonds. The van der Waals surface area contributed by atoms with Gasteiger partial charge in [0.15, 0.2) is 6.61 Å². The average molecular weight is 263 g/mol. The molecule has 0 aliphatic rings. The first-order valence-electron chi connectivity index (χ1n) is 4.62. The van der Waals surface area contributed by atoms with Crippen LogP contribution in [-0.2, 0) is 15.8 Å². The van der Waals surface area contributed by atoms with Crippen LogP contribution in [0.3, 0.4) is 0 Å². The monoisotopic (exact) mass is 263 g/mol. The summed E-state index contributed by atoms with van der Waals surface area (Å²) in [6, 6.07) is 3.66. The third kappa shape index (κ3) is 4.06. The highest BCUT2D eigenvalue weighted by Gasteiger charge is 2.30. The molecule has 1 rings (SSSR count). The fraction of sp³-hybridized carbons (Fsp3) is 0.200. The van der Waals surface area contributed by atoms with Crippen LogP contribution in [0.5, 0.6) is 0 Å². The third-order valence-electron chi connectivity index (χ3n) is 1.81. The summed E-state index contributed by atoms with van der Waals surface area (Å²) < 4.78 is 37.0. The molecule has 0 saturated carbocycles. The van der Waals surface area contributed by atoms with Crippen molar-refractivity contribution in [2.24, 2.45) is 0 Å². The second kappa shape index (κ2) is 5.50. The molecule has 18 heavy (non-hydrogen) atoms. The molecule has 0 atom stereocenters. The van der Waals surface area contributed by atoms with Crippen LogP contribution in [0, 0.1) is 0 Å². The van der Waals surface area contributed by atoms with Gasteiger partial charge in [0, 0.05) is 5.56 Å². The van der Waals surface area contributed by atoms with Gasteiger partial charge in [-0.25, -0.2) is 10.3 Å². The molecule has 98 valence electrons. The minimum atomic E-state index is -4.56. The van der Waals surface area contributed by atoms with Gasteiger partial charge in [0.1, 0.15) is 0 Å². The number of nitrogens with one attached hydrogen (secondary N) is 1. The van der Waals surface area contributed by atoms with Crippen molar-refractivity contribution in [1.82, 2.24) is 5.48 Å². The van der Waals surface area contributed by atoms with E-state index in [1.54, 1.807) is 5.48 Å². The number of amides is 1. The molecule has 0 saturated heterocycles. The van der Waals surface area contributed by atoms with Crippen molar-refractivity contribution in [2.75, 3.05) is 6.61 Å². The minimum absolute atomic E-state index is 0.282. The van der Waals surface area contributed by atoms with E-state index in [4.69, 9.17) is 5.11 Å². The lowest BCUT2D eigenvalue weighted by Gasteiger charge is -2.08. The van der Waals surface area contributed by atoms with E-state index in [2.05, 4.69) is 4.84 Å². The predicted molar refractivity (Wildman–Crippen MR) is 52.5 cm³/mol. The average Bonchev–Trinajstić information content (AvgIpc) is 2.27. The Hall–Kier alpha value is -2.09. The molecule has 0 spiro atoms. The highest BCUT2D eigenvalue weighted by molar-refractivity contribution is 5.93. The number of rotatable bonds is 4. The van der Waals surface area contributed by atoms with E-state index in [-0.39, 0.29) is 5.56 Å². The Labute approximate surface area is 99.1 Å². The van der Waals surface area contributed by atoms with Gasteiger partial charge in [0.05, 0.1) is 5.56 Å². The van der Waals surface area contributed by atoms with E-state index < -0.39 is 30.2 Å². The van der Waals surface area contributed by atoms with Crippen molar-refractivity contribution in [3.63, 3.8) is 0 Å². The van der Waals surface area contributed by atoms with Gasteiger partial charge in [-0.2, -0.15) is 13.2 Å². The number of hydroxylamine groups is 1. The van der Waals surface area contributed by atoms with Crippen molar-refractivity contribution < 1.29 is 32.7 Å². The summed E-state index contributed by atoms with van der Waals surface area (Å²) in [7, 11) is 0. The first-order valence-corrected chi connectivity index (χ1v) is 4.62. The first kappa shape index (κ1) is 14.0. The lowest BCUT2D eigenvalue weighted by molar-refractivity contribution is -0.144. The normalized spacial score (nSPS) is 11.1.